The quantitative estimate of drug-likeness (QED) is 0.641. The van der Waals surface area contributed by atoms with Crippen LogP contribution in [-0.2, 0) is 0 Å². The number of benzene rings is 2. The highest BCUT2D eigenvalue weighted by atomic mass is 16.3. The first kappa shape index (κ1) is 15.2. The number of nitriles is 1. The van der Waals surface area contributed by atoms with Gasteiger partial charge in [0.2, 0.25) is 0 Å². The number of hydrogen-bond acceptors (Lipinski definition) is 6. The van der Waals surface area contributed by atoms with Crippen molar-refractivity contribution in [1.29, 1.82) is 5.26 Å². The van der Waals surface area contributed by atoms with Crippen LogP contribution in [0.2, 0.25) is 0 Å². The van der Waals surface area contributed by atoms with Crippen LogP contribution in [0.25, 0.3) is 10.8 Å². The number of carbonyl (C=O) groups excluding carboxylic acids is 1. The van der Waals surface area contributed by atoms with Gasteiger partial charge in [-0.25, -0.2) is 0 Å². The molecule has 0 radical (unpaired) electrons. The van der Waals surface area contributed by atoms with Crippen LogP contribution in [0.4, 0.5) is 11.5 Å². The van der Waals surface area contributed by atoms with E-state index in [0.29, 0.717) is 5.39 Å². The van der Waals surface area contributed by atoms with Crippen molar-refractivity contribution in [2.24, 2.45) is 10.2 Å². The van der Waals surface area contributed by atoms with Crippen LogP contribution in [0.5, 0.6) is 5.75 Å². The molecule has 24 heavy (non-hydrogen) atoms. The number of carbonyl (C=O) groups is 1. The first-order valence-electron chi connectivity index (χ1n) is 6.97. The molecule has 0 spiro atoms. The molecule has 2 aromatic carbocycles. The van der Waals surface area contributed by atoms with Crippen molar-refractivity contribution in [1.82, 2.24) is 15.5 Å². The van der Waals surface area contributed by atoms with Crippen LogP contribution in [0, 0.1) is 11.3 Å². The molecular formula is C16H12N6O2. The molecule has 118 valence electrons. The van der Waals surface area contributed by atoms with Crippen LogP contribution >= 0.6 is 0 Å². The van der Waals surface area contributed by atoms with Crippen molar-refractivity contribution in [3.63, 3.8) is 0 Å². The normalized spacial score (nSPS) is 10.8. The number of aromatic amines is 1. The molecule has 8 heteroatoms. The highest BCUT2D eigenvalue weighted by Crippen LogP contribution is 2.39. The molecule has 0 saturated carbocycles. The molecule has 3 aromatic rings. The van der Waals surface area contributed by atoms with Crippen LogP contribution in [0.15, 0.2) is 46.8 Å². The van der Waals surface area contributed by atoms with Gasteiger partial charge in [0.05, 0.1) is 11.8 Å². The topological polar surface area (TPSA) is 127 Å². The molecule has 0 saturated heterocycles. The van der Waals surface area contributed by atoms with Crippen molar-refractivity contribution in [3.8, 4) is 11.8 Å². The average Bonchev–Trinajstić information content (AvgIpc) is 3.07. The van der Waals surface area contributed by atoms with E-state index < -0.39 is 5.91 Å². The summed E-state index contributed by atoms with van der Waals surface area (Å²) in [7, 11) is 1.47. The summed E-state index contributed by atoms with van der Waals surface area (Å²) < 4.78 is 0. The zero-order valence-electron chi connectivity index (χ0n) is 12.6. The predicted octanol–water partition coefficient (Wildman–Crippen LogP) is 2.92. The lowest BCUT2D eigenvalue weighted by atomic mass is 10.0. The van der Waals surface area contributed by atoms with Crippen molar-refractivity contribution < 1.29 is 9.90 Å². The second-order valence-corrected chi connectivity index (χ2v) is 4.87. The summed E-state index contributed by atoms with van der Waals surface area (Å²) in [5, 5.41) is 37.5. The number of amides is 1. The number of aromatic hydroxyl groups is 1. The molecule has 0 aliphatic heterocycles. The van der Waals surface area contributed by atoms with Gasteiger partial charge in [-0.2, -0.15) is 10.4 Å². The van der Waals surface area contributed by atoms with E-state index in [-0.39, 0.29) is 28.4 Å². The Morgan fingerprint density at radius 3 is 2.92 bits per heavy atom. The number of nitrogens with one attached hydrogen (secondary N) is 2. The van der Waals surface area contributed by atoms with Gasteiger partial charge in [0, 0.05) is 12.4 Å². The Hall–Kier alpha value is -3.73. The van der Waals surface area contributed by atoms with Gasteiger partial charge in [0.1, 0.15) is 17.3 Å². The number of phenols is 1. The first-order chi connectivity index (χ1) is 11.7. The number of hydrogen-bond donors (Lipinski definition) is 3. The van der Waals surface area contributed by atoms with E-state index in [1.807, 2.05) is 12.1 Å². The summed E-state index contributed by atoms with van der Waals surface area (Å²) in [5.41, 5.74) is 0.463. The lowest BCUT2D eigenvalue weighted by Crippen LogP contribution is -2.17. The minimum atomic E-state index is -0.436. The summed E-state index contributed by atoms with van der Waals surface area (Å²) >= 11 is 0. The number of fused-ring (bicyclic) bond motifs is 1. The van der Waals surface area contributed by atoms with Gasteiger partial charge in [-0.3, -0.25) is 9.89 Å². The van der Waals surface area contributed by atoms with Gasteiger partial charge in [-0.05, 0) is 11.5 Å². The Morgan fingerprint density at radius 2 is 2.17 bits per heavy atom. The maximum atomic E-state index is 12.0. The highest BCUT2D eigenvalue weighted by Gasteiger charge is 2.17. The van der Waals surface area contributed by atoms with Gasteiger partial charge in [-0.1, -0.05) is 24.3 Å². The number of aromatic nitrogens is 2. The molecule has 0 atom stereocenters. The molecule has 0 unspecified atom stereocenters. The molecule has 8 nitrogen and oxygen atoms in total. The number of azo groups is 1. The molecule has 3 N–H and O–H groups in total. The zero-order chi connectivity index (χ0) is 17.1. The van der Waals surface area contributed by atoms with Crippen LogP contribution < -0.4 is 5.32 Å². The number of nitrogens with zero attached hydrogens (tertiary/aromatic N) is 4. The number of phenolic OH excluding ortho intramolecular Hbond substituents is 1. The highest BCUT2D eigenvalue weighted by molar-refractivity contribution is 6.06. The molecule has 0 aliphatic carbocycles. The third-order valence-corrected chi connectivity index (χ3v) is 3.46. The molecule has 1 heterocycles. The van der Waals surface area contributed by atoms with Crippen molar-refractivity contribution in [3.05, 3.63) is 47.7 Å². The van der Waals surface area contributed by atoms with Gasteiger partial charge in [-0.15, -0.1) is 10.2 Å². The van der Waals surface area contributed by atoms with Crippen molar-refractivity contribution in [2.45, 2.75) is 0 Å². The second-order valence-electron chi connectivity index (χ2n) is 4.87. The summed E-state index contributed by atoms with van der Waals surface area (Å²) in [6.07, 6.45) is 1.33. The predicted molar refractivity (Wildman–Crippen MR) is 86.5 cm³/mol. The molecule has 1 aromatic heterocycles. The maximum absolute atomic E-state index is 12.0. The Bertz CT molecular complexity index is 999. The summed E-state index contributed by atoms with van der Waals surface area (Å²) in [4.78, 5) is 12.0. The smallest absolute Gasteiger partial charge is 0.254 e. The van der Waals surface area contributed by atoms with E-state index in [4.69, 9.17) is 5.26 Å². The minimum Gasteiger partial charge on any atom is -0.505 e. The van der Waals surface area contributed by atoms with Crippen LogP contribution in [-0.4, -0.2) is 28.3 Å². The summed E-state index contributed by atoms with van der Waals surface area (Å²) in [6.45, 7) is 0. The fraction of sp³-hybridized carbons (Fsp3) is 0.0625. The van der Waals surface area contributed by atoms with E-state index >= 15 is 0 Å². The Morgan fingerprint density at radius 1 is 1.38 bits per heavy atom. The van der Waals surface area contributed by atoms with Gasteiger partial charge in [0.25, 0.3) is 5.91 Å². The lowest BCUT2D eigenvalue weighted by Gasteiger charge is -2.09. The third kappa shape index (κ3) is 2.55. The first-order valence-corrected chi connectivity index (χ1v) is 6.97. The van der Waals surface area contributed by atoms with Gasteiger partial charge < -0.3 is 10.4 Å². The van der Waals surface area contributed by atoms with Gasteiger partial charge in [0.15, 0.2) is 11.6 Å². The standard InChI is InChI=1S/C16H12N6O2/c1-18-16(24)12-6-9-4-2-3-5-11(9)13(14(12)23)20-22-15-10(7-17)8-19-21-15/h2-6,8,23H,1H3,(H,18,24)(H,19,21)/b22-20+. The Balaban J connectivity index is 2.20. The fourth-order valence-corrected chi connectivity index (χ4v) is 2.26. The third-order valence-electron chi connectivity index (χ3n) is 3.46. The number of rotatable bonds is 3. The van der Waals surface area contributed by atoms with Crippen LogP contribution in [0.1, 0.15) is 15.9 Å². The fourth-order valence-electron chi connectivity index (χ4n) is 2.26. The molecule has 0 fully saturated rings. The monoisotopic (exact) mass is 320 g/mol. The largest absolute Gasteiger partial charge is 0.505 e. The van der Waals surface area contributed by atoms with Gasteiger partial charge >= 0.3 is 0 Å². The summed E-state index contributed by atoms with van der Waals surface area (Å²) in [6, 6.07) is 10.7. The Kier molecular flexibility index (Phi) is 3.91. The SMILES string of the molecule is CNC(=O)c1cc2ccccc2c(/N=N/c2[nH]ncc2C#N)c1O. The maximum Gasteiger partial charge on any atom is 0.254 e. The number of H-pyrrole nitrogens is 1. The molecule has 0 bridgehead atoms. The van der Waals surface area contributed by atoms with E-state index in [0.717, 1.165) is 5.39 Å². The van der Waals surface area contributed by atoms with Crippen molar-refractivity contribution in [2.75, 3.05) is 7.05 Å². The lowest BCUT2D eigenvalue weighted by molar-refractivity contribution is 0.0960. The van der Waals surface area contributed by atoms with Crippen LogP contribution in [0.3, 0.4) is 0 Å². The second kappa shape index (κ2) is 6.18. The molecule has 0 aliphatic rings. The van der Waals surface area contributed by atoms with Crippen molar-refractivity contribution >= 4 is 28.2 Å². The zero-order valence-corrected chi connectivity index (χ0v) is 12.6. The van der Waals surface area contributed by atoms with E-state index in [2.05, 4.69) is 25.7 Å². The summed E-state index contributed by atoms with van der Waals surface area (Å²) in [5.74, 6) is -0.546. The molecule has 1 amide bonds. The van der Waals surface area contributed by atoms with E-state index in [1.165, 1.54) is 13.2 Å². The molecular weight excluding hydrogens is 308 g/mol. The van der Waals surface area contributed by atoms with E-state index in [9.17, 15) is 9.90 Å². The minimum absolute atomic E-state index is 0.0928. The average molecular weight is 320 g/mol. The Labute approximate surface area is 136 Å². The molecule has 3 rings (SSSR count). The van der Waals surface area contributed by atoms with E-state index in [1.54, 1.807) is 24.3 Å².